The summed E-state index contributed by atoms with van der Waals surface area (Å²) in [5, 5.41) is 0. The molecule has 0 spiro atoms. The molecule has 3 aromatic rings. The second-order valence-electron chi connectivity index (χ2n) is 6.37. The van der Waals surface area contributed by atoms with E-state index in [1.54, 1.807) is 0 Å². The Labute approximate surface area is 202 Å². The molecule has 0 saturated heterocycles. The molecule has 0 N–H and O–H groups in total. The van der Waals surface area contributed by atoms with Gasteiger partial charge in [0.1, 0.15) is 6.54 Å². The molecular formula is C21H17Br4N2O2+. The van der Waals surface area contributed by atoms with Gasteiger partial charge in [-0.25, -0.2) is 0 Å². The fourth-order valence-electron chi connectivity index (χ4n) is 3.37. The van der Waals surface area contributed by atoms with E-state index in [9.17, 15) is 0 Å². The van der Waals surface area contributed by atoms with E-state index in [4.69, 9.17) is 9.15 Å². The molecule has 0 radical (unpaired) electrons. The molecule has 150 valence electrons. The molecule has 4 nitrogen and oxygen atoms in total. The summed E-state index contributed by atoms with van der Waals surface area (Å²) in [6, 6.07) is 8.10. The van der Waals surface area contributed by atoms with Crippen LogP contribution < -0.4 is 14.2 Å². The van der Waals surface area contributed by atoms with Crippen LogP contribution in [0.2, 0.25) is 0 Å². The van der Waals surface area contributed by atoms with E-state index in [-0.39, 0.29) is 0 Å². The van der Waals surface area contributed by atoms with Crippen molar-refractivity contribution in [3.63, 3.8) is 0 Å². The fraction of sp³-hybridized carbons (Fsp3) is 0.190. The quantitative estimate of drug-likeness (QED) is 0.274. The van der Waals surface area contributed by atoms with Crippen LogP contribution in [-0.4, -0.2) is 6.54 Å². The van der Waals surface area contributed by atoms with E-state index in [1.165, 1.54) is 0 Å². The van der Waals surface area contributed by atoms with Crippen molar-refractivity contribution in [2.75, 3.05) is 11.4 Å². The van der Waals surface area contributed by atoms with Crippen molar-refractivity contribution in [1.29, 1.82) is 0 Å². The van der Waals surface area contributed by atoms with Crippen molar-refractivity contribution in [2.45, 2.75) is 20.4 Å². The Kier molecular flexibility index (Phi) is 6.25. The van der Waals surface area contributed by atoms with Crippen molar-refractivity contribution < 1.29 is 13.7 Å². The van der Waals surface area contributed by atoms with Gasteiger partial charge in [-0.15, -0.1) is 0 Å². The molecular weight excluding hydrogens is 632 g/mol. The highest BCUT2D eigenvalue weighted by Crippen LogP contribution is 2.45. The molecule has 1 aromatic heterocycles. The average molecular weight is 649 g/mol. The molecule has 0 saturated carbocycles. The number of rotatable bonds is 4. The van der Waals surface area contributed by atoms with Crippen LogP contribution in [0.5, 0.6) is 5.75 Å². The second kappa shape index (κ2) is 8.57. The largest absolute Gasteiger partial charge is 0.437 e. The summed E-state index contributed by atoms with van der Waals surface area (Å²) in [5.74, 6) is 2.39. The van der Waals surface area contributed by atoms with Gasteiger partial charge in [0.15, 0.2) is 5.75 Å². The first-order valence-corrected chi connectivity index (χ1v) is 12.2. The topological polar surface area (TPSA) is 29.5 Å². The lowest BCUT2D eigenvalue weighted by Crippen LogP contribution is -2.33. The Morgan fingerprint density at radius 1 is 1.00 bits per heavy atom. The molecule has 4 rings (SSSR count). The van der Waals surface area contributed by atoms with Gasteiger partial charge in [0, 0.05) is 21.6 Å². The van der Waals surface area contributed by atoms with E-state index in [0.29, 0.717) is 0 Å². The molecule has 1 aliphatic heterocycles. The number of hydrogen-bond donors (Lipinski definition) is 0. The summed E-state index contributed by atoms with van der Waals surface area (Å²) in [7, 11) is 0. The molecule has 2 heterocycles. The van der Waals surface area contributed by atoms with Gasteiger partial charge in [-0.05, 0) is 76.1 Å². The fourth-order valence-corrected chi connectivity index (χ4v) is 5.93. The number of halogens is 4. The van der Waals surface area contributed by atoms with Crippen molar-refractivity contribution in [1.82, 2.24) is 0 Å². The standard InChI is InChI=1S/C21H17Br4N2O2/c1-3-26-16-10-12(22)8-14(24)20(16)28-18(26)6-5-7-19-27(4-2)17-11-13(23)9-15(25)21(17)29-19/h5-11H,3-4H2,1-2H3/q+1. The summed E-state index contributed by atoms with van der Waals surface area (Å²) < 4.78 is 18.2. The van der Waals surface area contributed by atoms with E-state index in [1.807, 2.05) is 30.4 Å². The highest BCUT2D eigenvalue weighted by atomic mass is 79.9. The van der Waals surface area contributed by atoms with Crippen LogP contribution in [-0.2, 0) is 6.54 Å². The molecule has 0 bridgehead atoms. The monoisotopic (exact) mass is 645 g/mol. The number of nitrogens with zero attached hydrogens (tertiary/aromatic N) is 2. The molecule has 1 aliphatic rings. The first kappa shape index (κ1) is 21.2. The minimum atomic E-state index is 0.778. The lowest BCUT2D eigenvalue weighted by atomic mass is 10.3. The van der Waals surface area contributed by atoms with Crippen LogP contribution in [0.1, 0.15) is 19.7 Å². The summed E-state index contributed by atoms with van der Waals surface area (Å²) in [4.78, 5) is 2.13. The average Bonchev–Trinajstić information content (AvgIpc) is 3.19. The maximum absolute atomic E-state index is 6.10. The van der Waals surface area contributed by atoms with Crippen LogP contribution in [0.4, 0.5) is 5.69 Å². The summed E-state index contributed by atoms with van der Waals surface area (Å²) >= 11 is 14.3. The zero-order chi connectivity index (χ0) is 20.7. The minimum absolute atomic E-state index is 0.778. The highest BCUT2D eigenvalue weighted by molar-refractivity contribution is 9.11. The van der Waals surface area contributed by atoms with E-state index < -0.39 is 0 Å². The van der Waals surface area contributed by atoms with Gasteiger partial charge in [-0.2, -0.15) is 4.57 Å². The summed E-state index contributed by atoms with van der Waals surface area (Å²) in [6.07, 6.45) is 5.88. The predicted molar refractivity (Wildman–Crippen MR) is 130 cm³/mol. The molecule has 0 aliphatic carbocycles. The third-order valence-electron chi connectivity index (χ3n) is 4.61. The number of fused-ring (bicyclic) bond motifs is 2. The third kappa shape index (κ3) is 3.96. The van der Waals surface area contributed by atoms with E-state index in [2.05, 4.69) is 99.2 Å². The van der Waals surface area contributed by atoms with E-state index >= 15 is 0 Å². The molecule has 8 heteroatoms. The molecule has 0 unspecified atom stereocenters. The number of hydrogen-bond acceptors (Lipinski definition) is 3. The Balaban J connectivity index is 1.69. The Hall–Kier alpha value is -1.09. The molecule has 0 amide bonds. The van der Waals surface area contributed by atoms with Crippen LogP contribution >= 0.6 is 63.7 Å². The van der Waals surface area contributed by atoms with Gasteiger partial charge in [0.05, 0.1) is 20.7 Å². The zero-order valence-electron chi connectivity index (χ0n) is 15.7. The Bertz CT molecular complexity index is 1170. The van der Waals surface area contributed by atoms with Gasteiger partial charge >= 0.3 is 5.89 Å². The number of aromatic nitrogens is 1. The van der Waals surface area contributed by atoms with E-state index in [0.717, 1.165) is 65.3 Å². The van der Waals surface area contributed by atoms with Crippen LogP contribution in [0.3, 0.4) is 0 Å². The van der Waals surface area contributed by atoms with Gasteiger partial charge in [-0.3, -0.25) is 0 Å². The lowest BCUT2D eigenvalue weighted by Gasteiger charge is -2.15. The first-order chi connectivity index (χ1) is 13.9. The van der Waals surface area contributed by atoms with Crippen molar-refractivity contribution >= 4 is 86.6 Å². The first-order valence-electron chi connectivity index (χ1n) is 9.07. The number of benzene rings is 2. The maximum atomic E-state index is 6.10. The SMILES string of the molecule is CCN1C(=CC=Cc2oc3c(Br)cc(Br)cc3[n+]2CC)Oc2c(Br)cc(Br)cc21. The summed E-state index contributed by atoms with van der Waals surface area (Å²) in [5.41, 5.74) is 2.90. The number of allylic oxidation sites excluding steroid dienone is 2. The highest BCUT2D eigenvalue weighted by Gasteiger charge is 2.27. The molecule has 29 heavy (non-hydrogen) atoms. The predicted octanol–water partition coefficient (Wildman–Crippen LogP) is 7.56. The normalized spacial score (nSPS) is 15.0. The number of ether oxygens (including phenoxy) is 1. The van der Waals surface area contributed by atoms with Gasteiger partial charge in [-0.1, -0.05) is 31.9 Å². The number of aryl methyl sites for hydroxylation is 1. The van der Waals surface area contributed by atoms with Gasteiger partial charge in [0.2, 0.25) is 11.5 Å². The lowest BCUT2D eigenvalue weighted by molar-refractivity contribution is -0.674. The van der Waals surface area contributed by atoms with Crippen molar-refractivity contribution in [3.8, 4) is 5.75 Å². The Morgan fingerprint density at radius 2 is 1.72 bits per heavy atom. The number of oxazole rings is 1. The smallest absolute Gasteiger partial charge is 0.374 e. The summed E-state index contributed by atoms with van der Waals surface area (Å²) in [6.45, 7) is 5.81. The maximum Gasteiger partial charge on any atom is 0.374 e. The Morgan fingerprint density at radius 3 is 2.45 bits per heavy atom. The van der Waals surface area contributed by atoms with Crippen LogP contribution in [0.15, 0.2) is 64.6 Å². The number of anilines is 1. The van der Waals surface area contributed by atoms with Crippen LogP contribution in [0, 0.1) is 0 Å². The molecule has 0 atom stereocenters. The second-order valence-corrected chi connectivity index (χ2v) is 9.91. The third-order valence-corrected chi connectivity index (χ3v) is 6.71. The molecule has 2 aromatic carbocycles. The molecule has 0 fully saturated rings. The zero-order valence-corrected chi connectivity index (χ0v) is 22.0. The minimum Gasteiger partial charge on any atom is -0.437 e. The van der Waals surface area contributed by atoms with Crippen LogP contribution in [0.25, 0.3) is 17.2 Å². The van der Waals surface area contributed by atoms with Crippen molar-refractivity contribution in [3.05, 3.63) is 66.1 Å². The van der Waals surface area contributed by atoms with Gasteiger partial charge in [0.25, 0.3) is 5.52 Å². The van der Waals surface area contributed by atoms with Crippen molar-refractivity contribution in [2.24, 2.45) is 0 Å². The van der Waals surface area contributed by atoms with Gasteiger partial charge < -0.3 is 14.1 Å².